The molecular formula is C12H16O2. The Hall–Kier alpha value is -0.600. The zero-order valence-electron chi connectivity index (χ0n) is 8.44. The van der Waals surface area contributed by atoms with Gasteiger partial charge in [-0.05, 0) is 19.3 Å². The molecule has 4 aliphatic rings. The molecule has 4 rings (SSSR count). The molecule has 2 fully saturated rings. The molecule has 0 aromatic rings. The molecule has 76 valence electrons. The Morgan fingerprint density at radius 1 is 1.71 bits per heavy atom. The lowest BCUT2D eigenvalue weighted by Crippen LogP contribution is -2.56. The number of ether oxygens (including phenoxy) is 1. The van der Waals surface area contributed by atoms with E-state index < -0.39 is 5.60 Å². The van der Waals surface area contributed by atoms with E-state index in [0.29, 0.717) is 11.8 Å². The first-order valence-electron chi connectivity index (χ1n) is 5.32. The molecule has 0 unspecified atom stereocenters. The highest BCUT2D eigenvalue weighted by atomic mass is 16.5. The maximum Gasteiger partial charge on any atom is 0.115 e. The van der Waals surface area contributed by atoms with Gasteiger partial charge in [0, 0.05) is 11.8 Å². The molecule has 0 spiro atoms. The lowest BCUT2D eigenvalue weighted by atomic mass is 9.59. The van der Waals surface area contributed by atoms with Gasteiger partial charge in [0.15, 0.2) is 0 Å². The minimum atomic E-state index is -0.808. The van der Waals surface area contributed by atoms with Crippen molar-refractivity contribution in [1.29, 1.82) is 0 Å². The molecule has 2 nitrogen and oxygen atoms in total. The van der Waals surface area contributed by atoms with Crippen LogP contribution in [-0.2, 0) is 4.74 Å². The SMILES string of the molecule is C=C[C@@]1(O)[C@@H]2C=C(C)[C@H]3[C@H](CO[C@H]31)C2. The second kappa shape index (κ2) is 2.50. The van der Waals surface area contributed by atoms with Crippen LogP contribution in [0.4, 0.5) is 0 Å². The number of hydrogen-bond donors (Lipinski definition) is 1. The molecule has 0 radical (unpaired) electrons. The molecule has 1 saturated carbocycles. The van der Waals surface area contributed by atoms with Gasteiger partial charge in [-0.2, -0.15) is 0 Å². The third-order valence-electron chi connectivity index (χ3n) is 4.25. The van der Waals surface area contributed by atoms with Crippen molar-refractivity contribution < 1.29 is 9.84 Å². The first kappa shape index (κ1) is 8.69. The second-order valence-corrected chi connectivity index (χ2v) is 4.88. The predicted octanol–water partition coefficient (Wildman–Crippen LogP) is 1.51. The number of hydrogen-bond acceptors (Lipinski definition) is 2. The molecule has 0 aromatic carbocycles. The Morgan fingerprint density at radius 3 is 3.21 bits per heavy atom. The Labute approximate surface area is 84.3 Å². The summed E-state index contributed by atoms with van der Waals surface area (Å²) in [5.41, 5.74) is 0.595. The van der Waals surface area contributed by atoms with Crippen molar-refractivity contribution in [3.05, 3.63) is 24.3 Å². The van der Waals surface area contributed by atoms with Gasteiger partial charge in [-0.3, -0.25) is 0 Å². The fourth-order valence-corrected chi connectivity index (χ4v) is 3.55. The summed E-state index contributed by atoms with van der Waals surface area (Å²) >= 11 is 0. The lowest BCUT2D eigenvalue weighted by Gasteiger charge is -2.49. The summed E-state index contributed by atoms with van der Waals surface area (Å²) in [5.74, 6) is 1.29. The molecule has 1 aliphatic heterocycles. The summed E-state index contributed by atoms with van der Waals surface area (Å²) in [6, 6.07) is 0. The third-order valence-corrected chi connectivity index (χ3v) is 4.25. The van der Waals surface area contributed by atoms with Crippen molar-refractivity contribution >= 4 is 0 Å². The van der Waals surface area contributed by atoms with Gasteiger partial charge in [0.05, 0.1) is 12.7 Å². The molecule has 3 aliphatic carbocycles. The van der Waals surface area contributed by atoms with Crippen molar-refractivity contribution in [3.63, 3.8) is 0 Å². The molecule has 2 heteroatoms. The van der Waals surface area contributed by atoms with Crippen molar-refractivity contribution in [3.8, 4) is 0 Å². The van der Waals surface area contributed by atoms with Crippen molar-refractivity contribution in [2.75, 3.05) is 6.61 Å². The maximum atomic E-state index is 10.5. The van der Waals surface area contributed by atoms with Gasteiger partial charge in [0.25, 0.3) is 0 Å². The largest absolute Gasteiger partial charge is 0.382 e. The quantitative estimate of drug-likeness (QED) is 0.638. The van der Waals surface area contributed by atoms with Gasteiger partial charge in [-0.25, -0.2) is 0 Å². The number of aliphatic hydroxyl groups is 1. The average molecular weight is 192 g/mol. The summed E-state index contributed by atoms with van der Waals surface area (Å²) in [5, 5.41) is 10.5. The minimum Gasteiger partial charge on any atom is -0.382 e. The molecule has 0 aromatic heterocycles. The Bertz CT molecular complexity index is 320. The van der Waals surface area contributed by atoms with Crippen molar-refractivity contribution in [2.45, 2.75) is 25.0 Å². The molecule has 1 heterocycles. The van der Waals surface area contributed by atoms with Crippen LogP contribution in [0.3, 0.4) is 0 Å². The van der Waals surface area contributed by atoms with Crippen LogP contribution in [0.25, 0.3) is 0 Å². The van der Waals surface area contributed by atoms with E-state index in [9.17, 15) is 5.11 Å². The van der Waals surface area contributed by atoms with Crippen LogP contribution in [0, 0.1) is 17.8 Å². The molecular weight excluding hydrogens is 176 g/mol. The molecule has 0 amide bonds. The maximum absolute atomic E-state index is 10.5. The first-order chi connectivity index (χ1) is 6.66. The van der Waals surface area contributed by atoms with Gasteiger partial charge >= 0.3 is 0 Å². The van der Waals surface area contributed by atoms with Gasteiger partial charge < -0.3 is 9.84 Å². The smallest absolute Gasteiger partial charge is 0.115 e. The van der Waals surface area contributed by atoms with Gasteiger partial charge in [0.2, 0.25) is 0 Å². The average Bonchev–Trinajstić information content (AvgIpc) is 2.56. The van der Waals surface area contributed by atoms with Crippen LogP contribution in [0.1, 0.15) is 13.3 Å². The molecule has 14 heavy (non-hydrogen) atoms. The number of rotatable bonds is 1. The van der Waals surface area contributed by atoms with Gasteiger partial charge in [-0.15, -0.1) is 6.58 Å². The van der Waals surface area contributed by atoms with E-state index in [2.05, 4.69) is 19.6 Å². The second-order valence-electron chi connectivity index (χ2n) is 4.88. The summed E-state index contributed by atoms with van der Waals surface area (Å²) in [6.07, 6.45) is 4.92. The van der Waals surface area contributed by atoms with Crippen LogP contribution in [-0.4, -0.2) is 23.4 Å². The van der Waals surface area contributed by atoms with E-state index in [-0.39, 0.29) is 12.0 Å². The third kappa shape index (κ3) is 0.794. The van der Waals surface area contributed by atoms with Crippen LogP contribution in [0.2, 0.25) is 0 Å². The highest BCUT2D eigenvalue weighted by Crippen LogP contribution is 2.54. The summed E-state index contributed by atoms with van der Waals surface area (Å²) in [4.78, 5) is 0. The molecule has 4 bridgehead atoms. The fraction of sp³-hybridized carbons (Fsp3) is 0.667. The summed E-state index contributed by atoms with van der Waals surface area (Å²) in [6.45, 7) is 6.73. The topological polar surface area (TPSA) is 29.5 Å². The van der Waals surface area contributed by atoms with E-state index in [1.807, 2.05) is 0 Å². The Morgan fingerprint density at radius 2 is 2.50 bits per heavy atom. The minimum absolute atomic E-state index is 0.0336. The van der Waals surface area contributed by atoms with Crippen molar-refractivity contribution in [1.82, 2.24) is 0 Å². The fourth-order valence-electron chi connectivity index (χ4n) is 3.55. The van der Waals surface area contributed by atoms with Gasteiger partial charge in [-0.1, -0.05) is 17.7 Å². The zero-order chi connectivity index (χ0) is 9.92. The molecule has 1 N–H and O–H groups in total. The highest BCUT2D eigenvalue weighted by Gasteiger charge is 2.59. The first-order valence-corrected chi connectivity index (χ1v) is 5.32. The van der Waals surface area contributed by atoms with Crippen LogP contribution < -0.4 is 0 Å². The highest BCUT2D eigenvalue weighted by molar-refractivity contribution is 5.31. The van der Waals surface area contributed by atoms with E-state index in [1.54, 1.807) is 6.08 Å². The lowest BCUT2D eigenvalue weighted by molar-refractivity contribution is -0.101. The van der Waals surface area contributed by atoms with E-state index in [0.717, 1.165) is 13.0 Å². The van der Waals surface area contributed by atoms with Crippen molar-refractivity contribution in [2.24, 2.45) is 17.8 Å². The van der Waals surface area contributed by atoms with Crippen LogP contribution in [0.15, 0.2) is 24.3 Å². The van der Waals surface area contributed by atoms with E-state index >= 15 is 0 Å². The predicted molar refractivity (Wildman–Crippen MR) is 53.7 cm³/mol. The Balaban J connectivity index is 2.13. The van der Waals surface area contributed by atoms with E-state index in [1.165, 1.54) is 5.57 Å². The standard InChI is InChI=1S/C12H16O2/c1-3-12(13)9-4-7(2)10-8(5-9)6-14-11(10)12/h3-4,8-11,13H,1,5-6H2,2H3/t8-,9+,10-,11+,12+/m0/s1. The molecule has 1 saturated heterocycles. The Kier molecular flexibility index (Phi) is 1.55. The monoisotopic (exact) mass is 192 g/mol. The summed E-state index contributed by atoms with van der Waals surface area (Å²) < 4.78 is 5.73. The molecule has 5 atom stereocenters. The van der Waals surface area contributed by atoms with Crippen LogP contribution in [0.5, 0.6) is 0 Å². The zero-order valence-corrected chi connectivity index (χ0v) is 8.44. The van der Waals surface area contributed by atoms with Crippen LogP contribution >= 0.6 is 0 Å². The normalized spacial score (nSPS) is 54.6. The summed E-state index contributed by atoms with van der Waals surface area (Å²) in [7, 11) is 0. The van der Waals surface area contributed by atoms with E-state index in [4.69, 9.17) is 4.74 Å². The van der Waals surface area contributed by atoms with Gasteiger partial charge in [0.1, 0.15) is 5.60 Å².